The lowest BCUT2D eigenvalue weighted by atomic mass is 9.79. The number of ether oxygens (including phenoxy) is 2. The second kappa shape index (κ2) is 12.9. The van der Waals surface area contributed by atoms with Gasteiger partial charge in [-0.3, -0.25) is 0 Å². The van der Waals surface area contributed by atoms with Crippen molar-refractivity contribution in [2.24, 2.45) is 5.41 Å². The molecule has 0 aliphatic heterocycles. The molecule has 0 aliphatic carbocycles. The van der Waals surface area contributed by atoms with E-state index >= 15 is 0 Å². The summed E-state index contributed by atoms with van der Waals surface area (Å²) in [4.78, 5) is 0. The Labute approximate surface area is 121 Å². The SMILES string of the molecule is CCCCCCCC(CCCCC)(COC)COC. The average molecular weight is 272 g/mol. The first-order valence-electron chi connectivity index (χ1n) is 8.22. The van der Waals surface area contributed by atoms with Gasteiger partial charge in [-0.15, -0.1) is 0 Å². The molecule has 0 atom stereocenters. The number of rotatable bonds is 14. The topological polar surface area (TPSA) is 18.5 Å². The molecule has 2 heteroatoms. The largest absolute Gasteiger partial charge is 0.384 e. The molecule has 0 saturated heterocycles. The van der Waals surface area contributed by atoms with Gasteiger partial charge in [0.2, 0.25) is 0 Å². The Morgan fingerprint density at radius 1 is 0.632 bits per heavy atom. The molecule has 2 nitrogen and oxygen atoms in total. The summed E-state index contributed by atoms with van der Waals surface area (Å²) in [5.74, 6) is 0. The van der Waals surface area contributed by atoms with Crippen LogP contribution in [-0.2, 0) is 9.47 Å². The smallest absolute Gasteiger partial charge is 0.0540 e. The van der Waals surface area contributed by atoms with E-state index < -0.39 is 0 Å². The Hall–Kier alpha value is -0.0800. The Balaban J connectivity index is 4.18. The van der Waals surface area contributed by atoms with Crippen molar-refractivity contribution in [1.29, 1.82) is 0 Å². The summed E-state index contributed by atoms with van der Waals surface area (Å²) in [5.41, 5.74) is 0.255. The second-order valence-electron chi connectivity index (χ2n) is 5.99. The predicted molar refractivity (Wildman–Crippen MR) is 83.7 cm³/mol. The molecule has 0 heterocycles. The van der Waals surface area contributed by atoms with E-state index in [1.54, 1.807) is 0 Å². The second-order valence-corrected chi connectivity index (χ2v) is 5.99. The van der Waals surface area contributed by atoms with Crippen LogP contribution in [0.2, 0.25) is 0 Å². The van der Waals surface area contributed by atoms with Crippen molar-refractivity contribution in [2.45, 2.75) is 78.1 Å². The van der Waals surface area contributed by atoms with Crippen LogP contribution in [0.3, 0.4) is 0 Å². The van der Waals surface area contributed by atoms with E-state index in [4.69, 9.17) is 9.47 Å². The highest BCUT2D eigenvalue weighted by Crippen LogP contribution is 2.32. The molecule has 0 aliphatic rings. The highest BCUT2D eigenvalue weighted by Gasteiger charge is 2.29. The van der Waals surface area contributed by atoms with Crippen LogP contribution in [0.5, 0.6) is 0 Å². The quantitative estimate of drug-likeness (QED) is 0.404. The van der Waals surface area contributed by atoms with E-state index in [1.807, 2.05) is 14.2 Å². The average Bonchev–Trinajstić information content (AvgIpc) is 2.39. The van der Waals surface area contributed by atoms with Crippen molar-refractivity contribution < 1.29 is 9.47 Å². The van der Waals surface area contributed by atoms with Gasteiger partial charge in [-0.25, -0.2) is 0 Å². The predicted octanol–water partition coefficient (Wildman–Crippen LogP) is 5.21. The van der Waals surface area contributed by atoms with Gasteiger partial charge in [-0.1, -0.05) is 65.2 Å². The van der Waals surface area contributed by atoms with Gasteiger partial charge in [0.15, 0.2) is 0 Å². The van der Waals surface area contributed by atoms with Crippen LogP contribution in [0.15, 0.2) is 0 Å². The lowest BCUT2D eigenvalue weighted by Crippen LogP contribution is -2.32. The van der Waals surface area contributed by atoms with E-state index in [0.29, 0.717) is 0 Å². The van der Waals surface area contributed by atoms with Crippen molar-refractivity contribution in [3.63, 3.8) is 0 Å². The van der Waals surface area contributed by atoms with Crippen LogP contribution < -0.4 is 0 Å². The summed E-state index contributed by atoms with van der Waals surface area (Å²) >= 11 is 0. The summed E-state index contributed by atoms with van der Waals surface area (Å²) in [6, 6.07) is 0. The summed E-state index contributed by atoms with van der Waals surface area (Å²) in [6.45, 7) is 6.22. The van der Waals surface area contributed by atoms with Gasteiger partial charge in [0.05, 0.1) is 13.2 Å². The zero-order valence-electron chi connectivity index (χ0n) is 13.8. The van der Waals surface area contributed by atoms with Crippen LogP contribution in [0.25, 0.3) is 0 Å². The van der Waals surface area contributed by atoms with Crippen LogP contribution in [0, 0.1) is 5.41 Å². The first-order chi connectivity index (χ1) is 9.24. The Bertz CT molecular complexity index is 174. The zero-order valence-corrected chi connectivity index (χ0v) is 13.8. The van der Waals surface area contributed by atoms with Crippen molar-refractivity contribution in [3.05, 3.63) is 0 Å². The fraction of sp³-hybridized carbons (Fsp3) is 1.00. The molecule has 116 valence electrons. The van der Waals surface area contributed by atoms with E-state index in [2.05, 4.69) is 13.8 Å². The molecule has 0 aromatic rings. The minimum Gasteiger partial charge on any atom is -0.384 e. The molecule has 0 fully saturated rings. The monoisotopic (exact) mass is 272 g/mol. The first kappa shape index (κ1) is 18.9. The zero-order chi connectivity index (χ0) is 14.4. The molecule has 0 aromatic carbocycles. The molecule has 0 saturated carbocycles. The third-order valence-electron chi connectivity index (χ3n) is 4.02. The Morgan fingerprint density at radius 2 is 1.05 bits per heavy atom. The van der Waals surface area contributed by atoms with Gasteiger partial charge < -0.3 is 9.47 Å². The van der Waals surface area contributed by atoms with Crippen LogP contribution in [0.4, 0.5) is 0 Å². The summed E-state index contributed by atoms with van der Waals surface area (Å²) in [6.07, 6.45) is 13.2. The molecule has 0 rings (SSSR count). The maximum atomic E-state index is 5.49. The fourth-order valence-electron chi connectivity index (χ4n) is 2.92. The van der Waals surface area contributed by atoms with Crippen molar-refractivity contribution in [3.8, 4) is 0 Å². The molecule has 0 radical (unpaired) electrons. The van der Waals surface area contributed by atoms with E-state index in [1.165, 1.54) is 64.2 Å². The van der Waals surface area contributed by atoms with Gasteiger partial charge >= 0.3 is 0 Å². The lowest BCUT2D eigenvalue weighted by molar-refractivity contribution is -0.00444. The van der Waals surface area contributed by atoms with Crippen LogP contribution >= 0.6 is 0 Å². The number of methoxy groups -OCH3 is 2. The lowest BCUT2D eigenvalue weighted by Gasteiger charge is -2.33. The molecule has 0 amide bonds. The number of hydrogen-bond acceptors (Lipinski definition) is 2. The van der Waals surface area contributed by atoms with Crippen molar-refractivity contribution >= 4 is 0 Å². The van der Waals surface area contributed by atoms with Crippen molar-refractivity contribution in [2.75, 3.05) is 27.4 Å². The standard InChI is InChI=1S/C17H36O2/c1-5-7-9-10-12-14-17(15-18-3,16-19-4)13-11-8-6-2/h5-16H2,1-4H3. The molecular weight excluding hydrogens is 236 g/mol. The molecule has 0 spiro atoms. The van der Waals surface area contributed by atoms with Crippen LogP contribution in [0.1, 0.15) is 78.1 Å². The third kappa shape index (κ3) is 9.45. The number of hydrogen-bond donors (Lipinski definition) is 0. The first-order valence-corrected chi connectivity index (χ1v) is 8.22. The Morgan fingerprint density at radius 3 is 1.53 bits per heavy atom. The Kier molecular flexibility index (Phi) is 12.9. The summed E-state index contributed by atoms with van der Waals surface area (Å²) in [5, 5.41) is 0. The van der Waals surface area contributed by atoms with Crippen LogP contribution in [-0.4, -0.2) is 27.4 Å². The van der Waals surface area contributed by atoms with Gasteiger partial charge in [0.25, 0.3) is 0 Å². The molecule has 0 aromatic heterocycles. The van der Waals surface area contributed by atoms with Gasteiger partial charge in [0.1, 0.15) is 0 Å². The molecule has 0 unspecified atom stereocenters. The van der Waals surface area contributed by atoms with Crippen molar-refractivity contribution in [1.82, 2.24) is 0 Å². The molecule has 19 heavy (non-hydrogen) atoms. The minimum atomic E-state index is 0.255. The fourth-order valence-corrected chi connectivity index (χ4v) is 2.92. The molecular formula is C17H36O2. The maximum Gasteiger partial charge on any atom is 0.0540 e. The van der Waals surface area contributed by atoms with E-state index in [0.717, 1.165) is 13.2 Å². The molecule has 0 bridgehead atoms. The molecule has 0 N–H and O–H groups in total. The minimum absolute atomic E-state index is 0.255. The normalized spacial score (nSPS) is 12.0. The van der Waals surface area contributed by atoms with Gasteiger partial charge in [0, 0.05) is 19.6 Å². The van der Waals surface area contributed by atoms with E-state index in [9.17, 15) is 0 Å². The van der Waals surface area contributed by atoms with Gasteiger partial charge in [-0.05, 0) is 12.8 Å². The van der Waals surface area contributed by atoms with Gasteiger partial charge in [-0.2, -0.15) is 0 Å². The summed E-state index contributed by atoms with van der Waals surface area (Å²) in [7, 11) is 3.64. The van der Waals surface area contributed by atoms with E-state index in [-0.39, 0.29) is 5.41 Å². The third-order valence-corrected chi connectivity index (χ3v) is 4.02. The highest BCUT2D eigenvalue weighted by molar-refractivity contribution is 4.79. The number of unbranched alkanes of at least 4 members (excludes halogenated alkanes) is 6. The highest BCUT2D eigenvalue weighted by atomic mass is 16.5. The maximum absolute atomic E-state index is 5.49. The summed E-state index contributed by atoms with van der Waals surface area (Å²) < 4.78 is 11.0.